The Morgan fingerprint density at radius 3 is 1.56 bits per heavy atom. The molecule has 0 saturated heterocycles. The lowest BCUT2D eigenvalue weighted by Gasteiger charge is -2.38. The highest BCUT2D eigenvalue weighted by Crippen LogP contribution is 2.35. The molecule has 6 N–H and O–H groups in total. The first kappa shape index (κ1) is 24.4. The highest BCUT2D eigenvalue weighted by Gasteiger charge is 2.46. The lowest BCUT2D eigenvalue weighted by Crippen LogP contribution is -2.69. The molecule has 2 unspecified atom stereocenters. The average molecular weight is 468 g/mol. The van der Waals surface area contributed by atoms with E-state index in [1.54, 1.807) is 0 Å². The van der Waals surface area contributed by atoms with Crippen molar-refractivity contribution in [1.82, 2.24) is 0 Å². The van der Waals surface area contributed by atoms with Crippen molar-refractivity contribution in [2.24, 2.45) is 23.1 Å². The normalized spacial score (nSPS) is 16.5. The molecule has 2 atom stereocenters. The van der Waals surface area contributed by atoms with Crippen molar-refractivity contribution in [3.63, 3.8) is 0 Å². The monoisotopic (exact) mass is 467 g/mol. The summed E-state index contributed by atoms with van der Waals surface area (Å²) in [6, 6.07) is 26.8. The van der Waals surface area contributed by atoms with Crippen molar-refractivity contribution in [1.29, 1.82) is 0 Å². The van der Waals surface area contributed by atoms with Gasteiger partial charge in [0.2, 0.25) is 0 Å². The van der Waals surface area contributed by atoms with Gasteiger partial charge < -0.3 is 17.2 Å². The van der Waals surface area contributed by atoms with Crippen molar-refractivity contribution < 1.29 is 0 Å². The number of rotatable bonds is 9. The van der Waals surface area contributed by atoms with Crippen LogP contribution in [0.25, 0.3) is 0 Å². The molecule has 0 saturated carbocycles. The van der Waals surface area contributed by atoms with Crippen molar-refractivity contribution >= 4 is 23.6 Å². The summed E-state index contributed by atoms with van der Waals surface area (Å²) in [5.74, 6) is 0.536. The van der Waals surface area contributed by atoms with Gasteiger partial charge >= 0.3 is 0 Å². The van der Waals surface area contributed by atoms with E-state index in [2.05, 4.69) is 105 Å². The number of allylic oxidation sites excluding steroid dienone is 4. The Balaban J connectivity index is 2.08. The molecule has 0 bridgehead atoms. The molecular formula is C30H37N3Si. The molecule has 0 radical (unpaired) electrons. The molecule has 4 heteroatoms. The summed E-state index contributed by atoms with van der Waals surface area (Å²) in [5, 5.41) is 4.11. The third kappa shape index (κ3) is 4.47. The third-order valence-electron chi connectivity index (χ3n) is 7.40. The van der Waals surface area contributed by atoms with Crippen LogP contribution in [-0.2, 0) is 19.6 Å². The van der Waals surface area contributed by atoms with Crippen LogP contribution in [0, 0.1) is 5.92 Å². The van der Waals surface area contributed by atoms with E-state index in [4.69, 9.17) is 17.2 Å². The molecule has 0 spiro atoms. The molecule has 3 aromatic rings. The SMILES string of the molecule is CCC(C)C1=CC([Si](c2cccc(CN)c2)(c2cccc(CN)c2)c2cccc(CN)c2)C=C1. The van der Waals surface area contributed by atoms with Crippen LogP contribution in [0.2, 0.25) is 5.54 Å². The predicted octanol–water partition coefficient (Wildman–Crippen LogP) is 3.45. The van der Waals surface area contributed by atoms with Gasteiger partial charge in [-0.15, -0.1) is 0 Å². The molecule has 3 nitrogen and oxygen atoms in total. The maximum atomic E-state index is 6.12. The first-order valence-corrected chi connectivity index (χ1v) is 14.4. The van der Waals surface area contributed by atoms with Gasteiger partial charge in [0.15, 0.2) is 8.07 Å². The van der Waals surface area contributed by atoms with Gasteiger partial charge in [0.25, 0.3) is 0 Å². The molecule has 176 valence electrons. The van der Waals surface area contributed by atoms with E-state index in [0.29, 0.717) is 25.6 Å². The van der Waals surface area contributed by atoms with E-state index < -0.39 is 8.07 Å². The molecule has 0 aliphatic heterocycles. The maximum absolute atomic E-state index is 6.12. The average Bonchev–Trinajstić information content (AvgIpc) is 3.39. The number of hydrogen-bond donors (Lipinski definition) is 3. The Morgan fingerprint density at radius 2 is 1.18 bits per heavy atom. The summed E-state index contributed by atoms with van der Waals surface area (Å²) in [5.41, 5.74) is 23.6. The minimum atomic E-state index is -2.56. The molecule has 0 fully saturated rings. The molecule has 4 rings (SSSR count). The van der Waals surface area contributed by atoms with Gasteiger partial charge in [-0.3, -0.25) is 0 Å². The van der Waals surface area contributed by atoms with Crippen LogP contribution in [0.15, 0.2) is 96.6 Å². The molecule has 0 heterocycles. The zero-order valence-corrected chi connectivity index (χ0v) is 21.4. The number of hydrogen-bond acceptors (Lipinski definition) is 3. The van der Waals surface area contributed by atoms with Crippen LogP contribution in [0.3, 0.4) is 0 Å². The second-order valence-corrected chi connectivity index (χ2v) is 13.4. The first-order valence-electron chi connectivity index (χ1n) is 12.3. The van der Waals surface area contributed by atoms with Crippen LogP contribution < -0.4 is 32.8 Å². The summed E-state index contributed by atoms with van der Waals surface area (Å²) in [4.78, 5) is 0. The van der Waals surface area contributed by atoms with Crippen LogP contribution in [-0.4, -0.2) is 8.07 Å². The number of benzene rings is 3. The first-order chi connectivity index (χ1) is 16.6. The van der Waals surface area contributed by atoms with E-state index in [1.165, 1.54) is 21.1 Å². The Bertz CT molecular complexity index is 1080. The van der Waals surface area contributed by atoms with E-state index >= 15 is 0 Å². The molecule has 0 amide bonds. The lowest BCUT2D eigenvalue weighted by molar-refractivity contribution is 0.671. The van der Waals surface area contributed by atoms with E-state index in [0.717, 1.165) is 23.1 Å². The van der Waals surface area contributed by atoms with Crippen LogP contribution >= 0.6 is 0 Å². The van der Waals surface area contributed by atoms with Crippen LogP contribution in [0.5, 0.6) is 0 Å². The lowest BCUT2D eigenvalue weighted by atomic mass is 10.0. The Hall–Kier alpha value is -2.76. The minimum Gasteiger partial charge on any atom is -0.326 e. The predicted molar refractivity (Wildman–Crippen MR) is 148 cm³/mol. The summed E-state index contributed by atoms with van der Waals surface area (Å²) < 4.78 is 0. The zero-order valence-electron chi connectivity index (χ0n) is 20.4. The Morgan fingerprint density at radius 1 is 0.735 bits per heavy atom. The summed E-state index contributed by atoms with van der Waals surface area (Å²) in [6.45, 7) is 6.16. The van der Waals surface area contributed by atoms with Crippen molar-refractivity contribution in [2.75, 3.05) is 0 Å². The van der Waals surface area contributed by atoms with Crippen molar-refractivity contribution in [3.8, 4) is 0 Å². The summed E-state index contributed by atoms with van der Waals surface area (Å²) >= 11 is 0. The summed E-state index contributed by atoms with van der Waals surface area (Å²) in [7, 11) is -2.56. The van der Waals surface area contributed by atoms with E-state index in [1.807, 2.05) is 0 Å². The van der Waals surface area contributed by atoms with Gasteiger partial charge in [0.1, 0.15) is 0 Å². The van der Waals surface area contributed by atoms with E-state index in [-0.39, 0.29) is 5.54 Å². The van der Waals surface area contributed by atoms with Gasteiger partial charge in [0, 0.05) is 25.2 Å². The largest absolute Gasteiger partial charge is 0.326 e. The van der Waals surface area contributed by atoms with Crippen molar-refractivity contribution in [3.05, 3.63) is 113 Å². The smallest absolute Gasteiger partial charge is 0.158 e. The van der Waals surface area contributed by atoms with Crippen molar-refractivity contribution in [2.45, 2.75) is 45.4 Å². The molecule has 0 aromatic heterocycles. The third-order valence-corrected chi connectivity index (χ3v) is 12.4. The zero-order chi connectivity index (χ0) is 24.1. The van der Waals surface area contributed by atoms with Gasteiger partial charge in [-0.25, -0.2) is 0 Å². The molecular weight excluding hydrogens is 430 g/mol. The molecule has 1 aliphatic carbocycles. The molecule has 34 heavy (non-hydrogen) atoms. The van der Waals surface area contributed by atoms with Crippen LogP contribution in [0.1, 0.15) is 37.0 Å². The fourth-order valence-corrected chi connectivity index (χ4v) is 10.6. The highest BCUT2D eigenvalue weighted by molar-refractivity contribution is 7.13. The standard InChI is InChI=1S/C30H37N3Si/c1-3-22(2)26-13-14-30(18-26)34(27-10-4-7-23(15-27)19-31,28-11-5-8-24(16-28)20-32)29-12-6-9-25(17-29)21-33/h4-18,22,30H,3,19-21,31-33H2,1-2H3. The fraction of sp³-hybridized carbons (Fsp3) is 0.267. The topological polar surface area (TPSA) is 78.1 Å². The van der Waals surface area contributed by atoms with Gasteiger partial charge in [-0.05, 0) is 50.2 Å². The highest BCUT2D eigenvalue weighted by atomic mass is 28.3. The second-order valence-electron chi connectivity index (χ2n) is 9.38. The number of nitrogens with two attached hydrogens (primary N) is 3. The van der Waals surface area contributed by atoms with Gasteiger partial charge in [0.05, 0.1) is 0 Å². The Kier molecular flexibility index (Phi) is 7.64. The van der Waals surface area contributed by atoms with Gasteiger partial charge in [-0.2, -0.15) is 0 Å². The van der Waals surface area contributed by atoms with Gasteiger partial charge in [-0.1, -0.05) is 105 Å². The fourth-order valence-electron chi connectivity index (χ4n) is 5.27. The van der Waals surface area contributed by atoms with E-state index in [9.17, 15) is 0 Å². The van der Waals surface area contributed by atoms with Crippen LogP contribution in [0.4, 0.5) is 0 Å². The maximum Gasteiger partial charge on any atom is 0.158 e. The molecule has 1 aliphatic rings. The summed E-state index contributed by atoms with van der Waals surface area (Å²) in [6.07, 6.45) is 8.45. The minimum absolute atomic E-state index is 0.283. The quantitative estimate of drug-likeness (QED) is 0.333. The second kappa shape index (κ2) is 10.7. The Labute approximate surface area is 205 Å². The molecule has 3 aromatic carbocycles.